The van der Waals surface area contributed by atoms with Crippen molar-refractivity contribution in [3.05, 3.63) is 54.6 Å². The van der Waals surface area contributed by atoms with E-state index in [1.807, 2.05) is 6.07 Å². The van der Waals surface area contributed by atoms with Crippen molar-refractivity contribution in [1.82, 2.24) is 10.6 Å². The van der Waals surface area contributed by atoms with Crippen molar-refractivity contribution >= 4 is 40.7 Å². The third kappa shape index (κ3) is 5.20. The normalized spacial score (nSPS) is 18.7. The number of benzene rings is 2. The molecule has 174 valence electrons. The van der Waals surface area contributed by atoms with Crippen molar-refractivity contribution in [3.8, 4) is 0 Å². The van der Waals surface area contributed by atoms with Gasteiger partial charge in [-0.3, -0.25) is 24.1 Å². The summed E-state index contributed by atoms with van der Waals surface area (Å²) in [5.41, 5.74) is 1.52. The molecule has 2 aromatic carbocycles. The summed E-state index contributed by atoms with van der Waals surface area (Å²) in [5, 5.41) is 8.38. The maximum absolute atomic E-state index is 13.7. The van der Waals surface area contributed by atoms with Gasteiger partial charge in [-0.25, -0.2) is 0 Å². The van der Waals surface area contributed by atoms with Gasteiger partial charge in [0.15, 0.2) is 0 Å². The number of nitrogens with one attached hydrogen (secondary N) is 3. The molecule has 9 heteroatoms. The number of amides is 4. The number of rotatable bonds is 6. The van der Waals surface area contributed by atoms with Gasteiger partial charge in [-0.2, -0.15) is 0 Å². The number of nitrogens with zero attached hydrogens (tertiary/aromatic N) is 2. The Morgan fingerprint density at radius 2 is 1.61 bits per heavy atom. The summed E-state index contributed by atoms with van der Waals surface area (Å²) >= 11 is 0. The van der Waals surface area contributed by atoms with Gasteiger partial charge in [0.05, 0.1) is 23.5 Å². The Bertz CT molecular complexity index is 1040. The number of carbonyl (C=O) groups excluding carboxylic acids is 4. The zero-order valence-corrected chi connectivity index (χ0v) is 19.2. The van der Waals surface area contributed by atoms with Gasteiger partial charge in [0.25, 0.3) is 5.91 Å². The van der Waals surface area contributed by atoms with Gasteiger partial charge in [0, 0.05) is 12.6 Å². The van der Waals surface area contributed by atoms with Crippen molar-refractivity contribution in [2.75, 3.05) is 28.7 Å². The fraction of sp³-hybridized carbons (Fsp3) is 0.333. The molecule has 1 heterocycles. The summed E-state index contributed by atoms with van der Waals surface area (Å²) in [6, 6.07) is 13.6. The Labute approximate surface area is 193 Å². The summed E-state index contributed by atoms with van der Waals surface area (Å²) in [5.74, 6) is -1.54. The van der Waals surface area contributed by atoms with Crippen LogP contribution in [0.1, 0.15) is 20.8 Å². The Morgan fingerprint density at radius 1 is 1.00 bits per heavy atom. The average molecular weight is 452 g/mol. The number of para-hydroxylation sites is 3. The van der Waals surface area contributed by atoms with E-state index >= 15 is 0 Å². The molecule has 0 unspecified atom stereocenters. The molecule has 0 aliphatic carbocycles. The number of hydrogen-bond acceptors (Lipinski definition) is 5. The van der Waals surface area contributed by atoms with E-state index in [4.69, 9.17) is 0 Å². The van der Waals surface area contributed by atoms with Crippen LogP contribution >= 0.6 is 0 Å². The van der Waals surface area contributed by atoms with Crippen LogP contribution in [-0.2, 0) is 19.2 Å². The van der Waals surface area contributed by atoms with E-state index in [1.165, 1.54) is 16.7 Å². The summed E-state index contributed by atoms with van der Waals surface area (Å²) in [6.07, 6.45) is 0. The van der Waals surface area contributed by atoms with E-state index in [1.54, 1.807) is 69.4 Å². The van der Waals surface area contributed by atoms with Gasteiger partial charge in [-0.15, -0.1) is 0 Å². The fourth-order valence-corrected chi connectivity index (χ4v) is 3.83. The van der Waals surface area contributed by atoms with Crippen molar-refractivity contribution in [2.45, 2.75) is 38.9 Å². The monoisotopic (exact) mass is 451 g/mol. The van der Waals surface area contributed by atoms with Crippen LogP contribution in [-0.4, -0.2) is 55.3 Å². The third-order valence-electron chi connectivity index (χ3n) is 5.68. The van der Waals surface area contributed by atoms with Crippen LogP contribution in [0.15, 0.2) is 54.6 Å². The molecule has 0 saturated carbocycles. The molecule has 0 saturated heterocycles. The van der Waals surface area contributed by atoms with Gasteiger partial charge in [0.1, 0.15) is 12.6 Å². The van der Waals surface area contributed by atoms with Crippen LogP contribution in [0.2, 0.25) is 0 Å². The van der Waals surface area contributed by atoms with Crippen LogP contribution < -0.4 is 25.8 Å². The highest BCUT2D eigenvalue weighted by Gasteiger charge is 2.42. The first-order valence-corrected chi connectivity index (χ1v) is 10.8. The van der Waals surface area contributed by atoms with Gasteiger partial charge in [0.2, 0.25) is 17.7 Å². The van der Waals surface area contributed by atoms with Crippen LogP contribution in [0.25, 0.3) is 0 Å². The van der Waals surface area contributed by atoms with Crippen LogP contribution in [0.4, 0.5) is 17.1 Å². The van der Waals surface area contributed by atoms with E-state index in [0.29, 0.717) is 17.1 Å². The Balaban J connectivity index is 2.00. The molecular weight excluding hydrogens is 422 g/mol. The van der Waals surface area contributed by atoms with E-state index in [-0.39, 0.29) is 18.4 Å². The summed E-state index contributed by atoms with van der Waals surface area (Å²) in [4.78, 5) is 54.6. The average Bonchev–Trinajstić information content (AvgIpc) is 2.88. The number of likely N-dealkylation sites (N-methyl/N-ethyl adjacent to an activating group) is 1. The quantitative estimate of drug-likeness (QED) is 0.617. The van der Waals surface area contributed by atoms with Gasteiger partial charge in [-0.05, 0) is 45.2 Å². The van der Waals surface area contributed by atoms with Crippen molar-refractivity contribution in [3.63, 3.8) is 0 Å². The van der Waals surface area contributed by atoms with E-state index in [9.17, 15) is 19.2 Å². The SMILES string of the molecule is CN[C@@H](C)C(=O)N[C@@H]1C(=O)N(CC(=O)Nc2ccccc2)c2ccccc2N(C(C)=O)[C@H]1C. The maximum Gasteiger partial charge on any atom is 0.252 e. The van der Waals surface area contributed by atoms with Crippen molar-refractivity contribution in [1.29, 1.82) is 0 Å². The smallest absolute Gasteiger partial charge is 0.252 e. The first kappa shape index (κ1) is 23.9. The van der Waals surface area contributed by atoms with Gasteiger partial charge < -0.3 is 20.9 Å². The molecule has 4 amide bonds. The van der Waals surface area contributed by atoms with Crippen LogP contribution in [0.5, 0.6) is 0 Å². The molecule has 0 bridgehead atoms. The molecule has 0 spiro atoms. The van der Waals surface area contributed by atoms with E-state index in [0.717, 1.165) is 0 Å². The second-order valence-electron chi connectivity index (χ2n) is 7.95. The molecule has 3 rings (SSSR count). The number of anilines is 3. The predicted molar refractivity (Wildman–Crippen MR) is 127 cm³/mol. The maximum atomic E-state index is 13.7. The molecule has 1 aliphatic heterocycles. The summed E-state index contributed by atoms with van der Waals surface area (Å²) < 4.78 is 0. The lowest BCUT2D eigenvalue weighted by Crippen LogP contribution is -2.60. The minimum Gasteiger partial charge on any atom is -0.341 e. The van der Waals surface area contributed by atoms with Crippen LogP contribution in [0.3, 0.4) is 0 Å². The fourth-order valence-electron chi connectivity index (χ4n) is 3.83. The van der Waals surface area contributed by atoms with Crippen molar-refractivity contribution in [2.24, 2.45) is 0 Å². The molecule has 0 aromatic heterocycles. The van der Waals surface area contributed by atoms with Crippen molar-refractivity contribution < 1.29 is 19.2 Å². The molecule has 3 atom stereocenters. The molecule has 3 N–H and O–H groups in total. The molecule has 1 aliphatic rings. The first-order chi connectivity index (χ1) is 15.7. The third-order valence-corrected chi connectivity index (χ3v) is 5.68. The number of carbonyl (C=O) groups is 4. The topological polar surface area (TPSA) is 111 Å². The zero-order valence-electron chi connectivity index (χ0n) is 19.2. The summed E-state index contributed by atoms with van der Waals surface area (Å²) in [7, 11) is 1.64. The second-order valence-corrected chi connectivity index (χ2v) is 7.95. The van der Waals surface area contributed by atoms with Crippen LogP contribution in [0, 0.1) is 0 Å². The molecule has 9 nitrogen and oxygen atoms in total. The lowest BCUT2D eigenvalue weighted by molar-refractivity contribution is -0.129. The minimum absolute atomic E-state index is 0.278. The minimum atomic E-state index is -1.05. The Hall–Kier alpha value is -3.72. The molecular formula is C24H29N5O4. The molecule has 2 aromatic rings. The van der Waals surface area contributed by atoms with Gasteiger partial charge in [-0.1, -0.05) is 30.3 Å². The molecule has 33 heavy (non-hydrogen) atoms. The largest absolute Gasteiger partial charge is 0.341 e. The highest BCUT2D eigenvalue weighted by molar-refractivity contribution is 6.11. The molecule has 0 radical (unpaired) electrons. The Kier molecular flexibility index (Phi) is 7.44. The first-order valence-electron chi connectivity index (χ1n) is 10.8. The van der Waals surface area contributed by atoms with E-state index < -0.39 is 29.9 Å². The lowest BCUT2D eigenvalue weighted by atomic mass is 10.1. The molecule has 0 fully saturated rings. The van der Waals surface area contributed by atoms with E-state index in [2.05, 4.69) is 16.0 Å². The zero-order chi connectivity index (χ0) is 24.1. The predicted octanol–water partition coefficient (Wildman–Crippen LogP) is 1.51. The summed E-state index contributed by atoms with van der Waals surface area (Å²) in [6.45, 7) is 4.50. The second kappa shape index (κ2) is 10.3. The number of hydrogen-bond donors (Lipinski definition) is 3. The highest BCUT2D eigenvalue weighted by atomic mass is 16.2. The highest BCUT2D eigenvalue weighted by Crippen LogP contribution is 2.35. The Morgan fingerprint density at radius 3 is 2.21 bits per heavy atom. The lowest BCUT2D eigenvalue weighted by Gasteiger charge is -2.32. The van der Waals surface area contributed by atoms with Gasteiger partial charge >= 0.3 is 0 Å². The number of fused-ring (bicyclic) bond motifs is 1. The standard InChI is InChI=1S/C24H29N5O4/c1-15(25-4)23(32)27-22-16(2)29(17(3)30)20-13-9-8-12-19(20)28(24(22)33)14-21(31)26-18-10-6-5-7-11-18/h5-13,15-16,22,25H,14H2,1-4H3,(H,26,31)(H,27,32)/t15-,16-,22-/m0/s1.